The number of hydrogen-bond donors (Lipinski definition) is 0. The number of likely N-dealkylation sites (N-methyl/N-ethyl adjacent to an activating group) is 1. The summed E-state index contributed by atoms with van der Waals surface area (Å²) in [6.07, 6.45) is 0.848. The van der Waals surface area contributed by atoms with Crippen molar-refractivity contribution < 1.29 is 9.53 Å². The van der Waals surface area contributed by atoms with E-state index in [1.165, 1.54) is 16.7 Å². The number of benzene rings is 3. The average molecular weight is 388 g/mol. The molecule has 0 N–H and O–H groups in total. The molecule has 3 nitrogen and oxygen atoms in total. The topological polar surface area (TPSA) is 29.5 Å². The summed E-state index contributed by atoms with van der Waals surface area (Å²) in [6, 6.07) is 31.9. The van der Waals surface area contributed by atoms with E-state index in [1.54, 1.807) is 0 Å². The van der Waals surface area contributed by atoms with Gasteiger partial charge in [0.15, 0.2) is 0 Å². The summed E-state index contributed by atoms with van der Waals surface area (Å²) >= 11 is 0. The molecule has 0 aliphatic rings. The molecule has 0 aromatic heterocycles. The van der Waals surface area contributed by atoms with E-state index in [4.69, 9.17) is 4.74 Å². The van der Waals surface area contributed by atoms with Gasteiger partial charge in [-0.05, 0) is 43.6 Å². The predicted molar refractivity (Wildman–Crippen MR) is 118 cm³/mol. The molecule has 0 bridgehead atoms. The SMILES string of the molecule is CCOC(=O)CN(C)CCC(c1ccccc1)(c1ccccc1)c1ccccc1. The maximum absolute atomic E-state index is 11.9. The van der Waals surface area contributed by atoms with E-state index in [9.17, 15) is 4.79 Å². The van der Waals surface area contributed by atoms with Crippen LogP contribution in [0, 0.1) is 0 Å². The van der Waals surface area contributed by atoms with Crippen molar-refractivity contribution in [2.75, 3.05) is 26.7 Å². The lowest BCUT2D eigenvalue weighted by Crippen LogP contribution is -2.36. The fourth-order valence-corrected chi connectivity index (χ4v) is 3.97. The van der Waals surface area contributed by atoms with Gasteiger partial charge in [0.1, 0.15) is 0 Å². The highest BCUT2D eigenvalue weighted by atomic mass is 16.5. The van der Waals surface area contributed by atoms with Crippen LogP contribution in [-0.4, -0.2) is 37.6 Å². The Morgan fingerprint density at radius 3 is 1.59 bits per heavy atom. The molecule has 3 aromatic carbocycles. The number of rotatable bonds is 9. The minimum absolute atomic E-state index is 0.181. The van der Waals surface area contributed by atoms with E-state index < -0.39 is 0 Å². The molecule has 0 atom stereocenters. The van der Waals surface area contributed by atoms with Crippen molar-refractivity contribution in [1.82, 2.24) is 4.90 Å². The molecule has 0 aliphatic carbocycles. The molecule has 0 aliphatic heterocycles. The van der Waals surface area contributed by atoms with Crippen molar-refractivity contribution in [3.8, 4) is 0 Å². The van der Waals surface area contributed by atoms with Crippen LogP contribution in [0.1, 0.15) is 30.0 Å². The molecule has 0 spiro atoms. The Kier molecular flexibility index (Phi) is 7.20. The highest BCUT2D eigenvalue weighted by Crippen LogP contribution is 2.42. The lowest BCUT2D eigenvalue weighted by Gasteiger charge is -2.37. The average Bonchev–Trinajstić information content (AvgIpc) is 2.76. The lowest BCUT2D eigenvalue weighted by molar-refractivity contribution is -0.144. The molecule has 0 amide bonds. The first kappa shape index (κ1) is 20.8. The molecule has 0 heterocycles. The molecule has 0 radical (unpaired) electrons. The van der Waals surface area contributed by atoms with E-state index >= 15 is 0 Å². The lowest BCUT2D eigenvalue weighted by atomic mass is 9.67. The summed E-state index contributed by atoms with van der Waals surface area (Å²) in [5, 5.41) is 0. The van der Waals surface area contributed by atoms with Gasteiger partial charge in [0.05, 0.1) is 13.2 Å². The van der Waals surface area contributed by atoms with Crippen molar-refractivity contribution >= 4 is 5.97 Å². The van der Waals surface area contributed by atoms with Gasteiger partial charge in [-0.2, -0.15) is 0 Å². The van der Waals surface area contributed by atoms with Gasteiger partial charge in [0.2, 0.25) is 0 Å². The summed E-state index contributed by atoms with van der Waals surface area (Å²) in [4.78, 5) is 14.0. The van der Waals surface area contributed by atoms with Gasteiger partial charge in [0.25, 0.3) is 0 Å². The number of carbonyl (C=O) groups excluding carboxylic acids is 1. The molecule has 0 fully saturated rings. The Bertz CT molecular complexity index is 782. The van der Waals surface area contributed by atoms with Crippen LogP contribution in [0.5, 0.6) is 0 Å². The Balaban J connectivity index is 2.02. The number of nitrogens with zero attached hydrogens (tertiary/aromatic N) is 1. The smallest absolute Gasteiger partial charge is 0.320 e. The van der Waals surface area contributed by atoms with Gasteiger partial charge >= 0.3 is 5.97 Å². The van der Waals surface area contributed by atoms with Crippen LogP contribution in [-0.2, 0) is 14.9 Å². The monoisotopic (exact) mass is 387 g/mol. The zero-order valence-electron chi connectivity index (χ0n) is 17.3. The molecule has 3 rings (SSSR count). The largest absolute Gasteiger partial charge is 0.465 e. The first-order valence-electron chi connectivity index (χ1n) is 10.2. The predicted octanol–water partition coefficient (Wildman–Crippen LogP) is 4.91. The molecule has 29 heavy (non-hydrogen) atoms. The van der Waals surface area contributed by atoms with E-state index in [-0.39, 0.29) is 11.4 Å². The third-order valence-electron chi connectivity index (χ3n) is 5.37. The van der Waals surface area contributed by atoms with Crippen molar-refractivity contribution in [3.05, 3.63) is 108 Å². The Hall–Kier alpha value is -2.91. The second kappa shape index (κ2) is 10.0. The third kappa shape index (κ3) is 4.93. The summed E-state index contributed by atoms with van der Waals surface area (Å²) in [7, 11) is 1.97. The fourth-order valence-electron chi connectivity index (χ4n) is 3.97. The zero-order valence-corrected chi connectivity index (χ0v) is 17.3. The molecule has 0 saturated carbocycles. The van der Waals surface area contributed by atoms with Crippen molar-refractivity contribution in [2.45, 2.75) is 18.8 Å². The second-order valence-electron chi connectivity index (χ2n) is 7.30. The fraction of sp³-hybridized carbons (Fsp3) is 0.269. The zero-order chi connectivity index (χ0) is 20.5. The van der Waals surface area contributed by atoms with Crippen molar-refractivity contribution in [3.63, 3.8) is 0 Å². The highest BCUT2D eigenvalue weighted by Gasteiger charge is 2.36. The number of esters is 1. The van der Waals surface area contributed by atoms with Crippen LogP contribution >= 0.6 is 0 Å². The van der Waals surface area contributed by atoms with E-state index in [1.807, 2.05) is 18.9 Å². The van der Waals surface area contributed by atoms with E-state index in [0.717, 1.165) is 13.0 Å². The van der Waals surface area contributed by atoms with Gasteiger partial charge in [-0.25, -0.2) is 0 Å². The van der Waals surface area contributed by atoms with Crippen LogP contribution in [0.4, 0.5) is 0 Å². The molecule has 150 valence electrons. The first-order chi connectivity index (χ1) is 14.2. The first-order valence-corrected chi connectivity index (χ1v) is 10.2. The molecule has 3 aromatic rings. The maximum atomic E-state index is 11.9. The summed E-state index contributed by atoms with van der Waals surface area (Å²) in [5.41, 5.74) is 3.46. The molecule has 0 unspecified atom stereocenters. The highest BCUT2D eigenvalue weighted by molar-refractivity contribution is 5.71. The van der Waals surface area contributed by atoms with E-state index in [2.05, 4.69) is 91.0 Å². The van der Waals surface area contributed by atoms with Crippen LogP contribution in [0.3, 0.4) is 0 Å². The number of hydrogen-bond acceptors (Lipinski definition) is 3. The standard InChI is InChI=1S/C26H29NO2/c1-3-29-25(28)21-27(2)20-19-26(22-13-7-4-8-14-22,23-15-9-5-10-16-23)24-17-11-6-12-18-24/h4-18H,3,19-21H2,1-2H3. The Morgan fingerprint density at radius 2 is 1.21 bits per heavy atom. The Morgan fingerprint density at radius 1 is 0.793 bits per heavy atom. The molecular weight excluding hydrogens is 358 g/mol. The normalized spacial score (nSPS) is 11.4. The Labute approximate surface area is 174 Å². The van der Waals surface area contributed by atoms with Crippen LogP contribution in [0.15, 0.2) is 91.0 Å². The molecular formula is C26H29NO2. The number of carbonyl (C=O) groups is 1. The van der Waals surface area contributed by atoms with Gasteiger partial charge in [0, 0.05) is 5.41 Å². The second-order valence-corrected chi connectivity index (χ2v) is 7.30. The quantitative estimate of drug-likeness (QED) is 0.386. The molecule has 3 heteroatoms. The van der Waals surface area contributed by atoms with Gasteiger partial charge < -0.3 is 4.74 Å². The van der Waals surface area contributed by atoms with Crippen LogP contribution in [0.2, 0.25) is 0 Å². The minimum Gasteiger partial charge on any atom is -0.465 e. The van der Waals surface area contributed by atoms with Crippen LogP contribution < -0.4 is 0 Å². The summed E-state index contributed by atoms with van der Waals surface area (Å²) in [6.45, 7) is 3.30. The number of ether oxygens (including phenoxy) is 1. The third-order valence-corrected chi connectivity index (χ3v) is 5.37. The summed E-state index contributed by atoms with van der Waals surface area (Å²) in [5.74, 6) is -0.181. The van der Waals surface area contributed by atoms with Gasteiger partial charge in [-0.15, -0.1) is 0 Å². The maximum Gasteiger partial charge on any atom is 0.320 e. The van der Waals surface area contributed by atoms with Gasteiger partial charge in [-0.1, -0.05) is 91.0 Å². The molecule has 0 saturated heterocycles. The van der Waals surface area contributed by atoms with Crippen molar-refractivity contribution in [2.24, 2.45) is 0 Å². The van der Waals surface area contributed by atoms with Gasteiger partial charge in [-0.3, -0.25) is 9.69 Å². The minimum atomic E-state index is -0.299. The van der Waals surface area contributed by atoms with E-state index in [0.29, 0.717) is 13.2 Å². The van der Waals surface area contributed by atoms with Crippen LogP contribution in [0.25, 0.3) is 0 Å². The summed E-state index contributed by atoms with van der Waals surface area (Å²) < 4.78 is 5.12. The van der Waals surface area contributed by atoms with Crippen molar-refractivity contribution in [1.29, 1.82) is 0 Å².